The molecule has 0 radical (unpaired) electrons. The minimum absolute atomic E-state index is 0.153. The topological polar surface area (TPSA) is 66.5 Å². The predicted octanol–water partition coefficient (Wildman–Crippen LogP) is 3.68. The van der Waals surface area contributed by atoms with Crippen LogP contribution < -0.4 is 5.32 Å². The first kappa shape index (κ1) is 21.5. The Bertz CT molecular complexity index is 889. The van der Waals surface area contributed by atoms with Gasteiger partial charge in [0.25, 0.3) is 0 Å². The normalized spacial score (nSPS) is 15.4. The summed E-state index contributed by atoms with van der Waals surface area (Å²) < 4.78 is 27.8. The summed E-state index contributed by atoms with van der Waals surface area (Å²) in [5.41, 5.74) is 2.04. The van der Waals surface area contributed by atoms with E-state index in [-0.39, 0.29) is 29.9 Å². The van der Waals surface area contributed by atoms with Crippen molar-refractivity contribution in [3.05, 3.63) is 65.7 Å². The van der Waals surface area contributed by atoms with Crippen molar-refractivity contribution >= 4 is 15.9 Å². The van der Waals surface area contributed by atoms with Crippen molar-refractivity contribution in [1.29, 1.82) is 0 Å². The maximum Gasteiger partial charge on any atom is 0.243 e. The summed E-state index contributed by atoms with van der Waals surface area (Å²) in [6.45, 7) is 2.03. The Morgan fingerprint density at radius 1 is 1.00 bits per heavy atom. The summed E-state index contributed by atoms with van der Waals surface area (Å²) in [7, 11) is -3.75. The molecule has 0 unspecified atom stereocenters. The van der Waals surface area contributed by atoms with Crippen LogP contribution in [-0.2, 0) is 21.2 Å². The zero-order valence-electron chi connectivity index (χ0n) is 17.0. The highest BCUT2D eigenvalue weighted by molar-refractivity contribution is 7.89. The van der Waals surface area contributed by atoms with Crippen molar-refractivity contribution in [2.75, 3.05) is 13.1 Å². The third-order valence-corrected chi connectivity index (χ3v) is 7.30. The van der Waals surface area contributed by atoms with Crippen molar-refractivity contribution in [1.82, 2.24) is 9.62 Å². The van der Waals surface area contributed by atoms with Gasteiger partial charge in [0.2, 0.25) is 15.9 Å². The van der Waals surface area contributed by atoms with Gasteiger partial charge in [-0.15, -0.1) is 0 Å². The molecule has 0 aliphatic heterocycles. The fraction of sp³-hybridized carbons (Fsp3) is 0.435. The molecule has 0 saturated heterocycles. The first-order chi connectivity index (χ1) is 13.9. The molecule has 2 aromatic rings. The van der Waals surface area contributed by atoms with E-state index in [1.165, 1.54) is 10.7 Å². The molecule has 3 rings (SSSR count). The van der Waals surface area contributed by atoms with Crippen LogP contribution in [0.1, 0.15) is 43.2 Å². The molecule has 0 heterocycles. The number of carbonyl (C=O) groups excluding carboxylic acids is 1. The van der Waals surface area contributed by atoms with Crippen molar-refractivity contribution < 1.29 is 13.2 Å². The van der Waals surface area contributed by atoms with Crippen LogP contribution in [0.25, 0.3) is 0 Å². The molecule has 1 N–H and O–H groups in total. The van der Waals surface area contributed by atoms with Gasteiger partial charge in [-0.1, -0.05) is 67.3 Å². The molecule has 6 heteroatoms. The van der Waals surface area contributed by atoms with E-state index in [0.29, 0.717) is 6.42 Å². The summed E-state index contributed by atoms with van der Waals surface area (Å²) in [6, 6.07) is 16.7. The molecule has 0 spiro atoms. The Morgan fingerprint density at radius 3 is 2.31 bits per heavy atom. The lowest BCUT2D eigenvalue weighted by Crippen LogP contribution is -2.45. The largest absolute Gasteiger partial charge is 0.352 e. The second-order valence-electron chi connectivity index (χ2n) is 7.79. The first-order valence-electron chi connectivity index (χ1n) is 10.4. The van der Waals surface area contributed by atoms with E-state index in [2.05, 4.69) is 5.32 Å². The number of sulfonamides is 1. The number of hydrogen-bond acceptors (Lipinski definition) is 3. The molecule has 1 aliphatic rings. The summed E-state index contributed by atoms with van der Waals surface area (Å²) in [6.07, 6.45) is 5.94. The fourth-order valence-electron chi connectivity index (χ4n) is 3.72. The second-order valence-corrected chi connectivity index (χ2v) is 9.73. The number of benzene rings is 2. The number of amides is 1. The van der Waals surface area contributed by atoms with E-state index in [1.54, 1.807) is 24.3 Å². The van der Waals surface area contributed by atoms with Gasteiger partial charge in [-0.3, -0.25) is 4.79 Å². The predicted molar refractivity (Wildman–Crippen MR) is 115 cm³/mol. The van der Waals surface area contributed by atoms with Gasteiger partial charge in [-0.05, 0) is 43.9 Å². The average molecular weight is 415 g/mol. The first-order valence-corrected chi connectivity index (χ1v) is 11.8. The molecule has 5 nitrogen and oxygen atoms in total. The summed E-state index contributed by atoms with van der Waals surface area (Å²) in [5, 5.41) is 3.04. The molecular weight excluding hydrogens is 384 g/mol. The van der Waals surface area contributed by atoms with Gasteiger partial charge in [0.05, 0.1) is 11.4 Å². The third kappa shape index (κ3) is 6.15. The highest BCUT2D eigenvalue weighted by Crippen LogP contribution is 2.19. The van der Waals surface area contributed by atoms with Gasteiger partial charge >= 0.3 is 0 Å². The van der Waals surface area contributed by atoms with Crippen LogP contribution in [0.5, 0.6) is 0 Å². The van der Waals surface area contributed by atoms with Gasteiger partial charge in [0, 0.05) is 12.6 Å². The summed E-state index contributed by atoms with van der Waals surface area (Å²) >= 11 is 0. The fourth-order valence-corrected chi connectivity index (χ4v) is 5.12. The SMILES string of the molecule is Cc1ccc(S(=O)(=O)N(CCc2ccccc2)CC(=O)NC2CCCCC2)cc1. The van der Waals surface area contributed by atoms with Crippen molar-refractivity contribution in [2.24, 2.45) is 0 Å². The number of nitrogens with one attached hydrogen (secondary N) is 1. The van der Waals surface area contributed by atoms with Crippen LogP contribution in [-0.4, -0.2) is 37.8 Å². The van der Waals surface area contributed by atoms with E-state index in [4.69, 9.17) is 0 Å². The van der Waals surface area contributed by atoms with E-state index in [9.17, 15) is 13.2 Å². The van der Waals surface area contributed by atoms with E-state index < -0.39 is 10.0 Å². The quantitative estimate of drug-likeness (QED) is 0.717. The minimum atomic E-state index is -3.75. The van der Waals surface area contributed by atoms with Gasteiger partial charge in [0.1, 0.15) is 0 Å². The van der Waals surface area contributed by atoms with Crippen LogP contribution in [0.15, 0.2) is 59.5 Å². The highest BCUT2D eigenvalue weighted by atomic mass is 32.2. The standard InChI is InChI=1S/C23H30N2O3S/c1-19-12-14-22(15-13-19)29(27,28)25(17-16-20-8-4-2-5-9-20)18-23(26)24-21-10-6-3-7-11-21/h2,4-5,8-9,12-15,21H,3,6-7,10-11,16-18H2,1H3,(H,24,26). The molecule has 0 bridgehead atoms. The lowest BCUT2D eigenvalue weighted by molar-refractivity contribution is -0.122. The van der Waals surface area contributed by atoms with E-state index >= 15 is 0 Å². The zero-order valence-corrected chi connectivity index (χ0v) is 17.8. The number of rotatable bonds is 8. The van der Waals surface area contributed by atoms with E-state index in [1.807, 2.05) is 37.3 Å². The van der Waals surface area contributed by atoms with Crippen molar-refractivity contribution in [2.45, 2.75) is 56.4 Å². The lowest BCUT2D eigenvalue weighted by atomic mass is 9.95. The van der Waals surface area contributed by atoms with Crippen molar-refractivity contribution in [3.63, 3.8) is 0 Å². The Labute approximate surface area is 174 Å². The van der Waals surface area contributed by atoms with Gasteiger partial charge in [-0.25, -0.2) is 8.42 Å². The lowest BCUT2D eigenvalue weighted by Gasteiger charge is -2.26. The molecule has 0 atom stereocenters. The number of aryl methyl sites for hydroxylation is 1. The molecule has 29 heavy (non-hydrogen) atoms. The van der Waals surface area contributed by atoms with Crippen molar-refractivity contribution in [3.8, 4) is 0 Å². The summed E-state index contributed by atoms with van der Waals surface area (Å²) in [4.78, 5) is 12.9. The van der Waals surface area contributed by atoms with Gasteiger partial charge in [0.15, 0.2) is 0 Å². The number of carbonyl (C=O) groups is 1. The second kappa shape index (κ2) is 10.0. The van der Waals surface area contributed by atoms with Crippen LogP contribution in [0.2, 0.25) is 0 Å². The van der Waals surface area contributed by atoms with Crippen LogP contribution >= 0.6 is 0 Å². The molecule has 1 amide bonds. The summed E-state index contributed by atoms with van der Waals surface area (Å²) in [5.74, 6) is -0.222. The maximum absolute atomic E-state index is 13.2. The molecular formula is C23H30N2O3S. The van der Waals surface area contributed by atoms with Crippen LogP contribution in [0.4, 0.5) is 0 Å². The zero-order chi connectivity index (χ0) is 20.7. The van der Waals surface area contributed by atoms with Gasteiger partial charge < -0.3 is 5.32 Å². The maximum atomic E-state index is 13.2. The Balaban J connectivity index is 1.74. The molecule has 1 aliphatic carbocycles. The average Bonchev–Trinajstić information content (AvgIpc) is 2.73. The monoisotopic (exact) mass is 414 g/mol. The highest BCUT2D eigenvalue weighted by Gasteiger charge is 2.27. The smallest absolute Gasteiger partial charge is 0.243 e. The molecule has 0 aromatic heterocycles. The Hall–Kier alpha value is -2.18. The van der Waals surface area contributed by atoms with Crippen LogP contribution in [0, 0.1) is 6.92 Å². The number of nitrogens with zero attached hydrogens (tertiary/aromatic N) is 1. The molecule has 1 fully saturated rings. The molecule has 1 saturated carbocycles. The molecule has 2 aromatic carbocycles. The molecule has 156 valence electrons. The van der Waals surface area contributed by atoms with E-state index in [0.717, 1.165) is 36.8 Å². The number of hydrogen-bond donors (Lipinski definition) is 1. The third-order valence-electron chi connectivity index (χ3n) is 5.44. The Morgan fingerprint density at radius 2 is 1.66 bits per heavy atom. The Kier molecular flexibility index (Phi) is 7.45. The van der Waals surface area contributed by atoms with Gasteiger partial charge in [-0.2, -0.15) is 4.31 Å². The minimum Gasteiger partial charge on any atom is -0.352 e. The van der Waals surface area contributed by atoms with Crippen LogP contribution in [0.3, 0.4) is 0 Å².